The van der Waals surface area contributed by atoms with Crippen molar-refractivity contribution in [3.8, 4) is 17.0 Å². The van der Waals surface area contributed by atoms with E-state index >= 15 is 0 Å². The van der Waals surface area contributed by atoms with Crippen LogP contribution in [0.5, 0.6) is 5.75 Å². The third kappa shape index (κ3) is 4.28. The molecule has 1 N–H and O–H groups in total. The Bertz CT molecular complexity index is 919. The topological polar surface area (TPSA) is 61.5 Å². The van der Waals surface area contributed by atoms with Gasteiger partial charge in [-0.05, 0) is 29.8 Å². The smallest absolute Gasteiger partial charge is 0.260 e. The van der Waals surface area contributed by atoms with E-state index in [1.165, 1.54) is 0 Å². The maximum Gasteiger partial charge on any atom is 0.260 e. The molecule has 144 valence electrons. The number of ether oxygens (including phenoxy) is 1. The van der Waals surface area contributed by atoms with Crippen LogP contribution in [0.2, 0.25) is 5.02 Å². The summed E-state index contributed by atoms with van der Waals surface area (Å²) in [5.41, 5.74) is 2.10. The highest BCUT2D eigenvalue weighted by Gasteiger charge is 2.23. The number of amides is 1. The van der Waals surface area contributed by atoms with Crippen molar-refractivity contribution in [2.75, 3.05) is 37.7 Å². The molecule has 0 saturated carbocycles. The van der Waals surface area contributed by atoms with Crippen LogP contribution in [0.1, 0.15) is 0 Å². The number of anilines is 1. The summed E-state index contributed by atoms with van der Waals surface area (Å²) in [5.74, 6) is 1.53. The Kier molecular flexibility index (Phi) is 5.48. The molecule has 0 bridgehead atoms. The third-order valence-electron chi connectivity index (χ3n) is 4.78. The first-order valence-electron chi connectivity index (χ1n) is 9.21. The highest BCUT2D eigenvalue weighted by molar-refractivity contribution is 6.30. The van der Waals surface area contributed by atoms with Gasteiger partial charge in [0, 0.05) is 37.3 Å². The van der Waals surface area contributed by atoms with Gasteiger partial charge in [-0.2, -0.15) is 5.10 Å². The lowest BCUT2D eigenvalue weighted by atomic mass is 10.1. The van der Waals surface area contributed by atoms with Crippen LogP contribution < -0.4 is 9.64 Å². The number of nitrogens with one attached hydrogen (secondary N) is 1. The molecule has 0 aliphatic carbocycles. The summed E-state index contributed by atoms with van der Waals surface area (Å²) in [7, 11) is 0. The minimum absolute atomic E-state index is 0.0124. The fraction of sp³-hybridized carbons (Fsp3) is 0.238. The van der Waals surface area contributed by atoms with Crippen LogP contribution in [-0.4, -0.2) is 53.8 Å². The molecule has 1 saturated heterocycles. The van der Waals surface area contributed by atoms with Gasteiger partial charge in [0.15, 0.2) is 12.4 Å². The van der Waals surface area contributed by atoms with Crippen molar-refractivity contribution < 1.29 is 9.53 Å². The lowest BCUT2D eigenvalue weighted by Crippen LogP contribution is -2.50. The first-order valence-corrected chi connectivity index (χ1v) is 9.59. The van der Waals surface area contributed by atoms with E-state index < -0.39 is 0 Å². The summed E-state index contributed by atoms with van der Waals surface area (Å²) in [6, 6.07) is 19.2. The largest absolute Gasteiger partial charge is 0.484 e. The SMILES string of the molecule is O=C(COc1ccc(Cl)cc1)N1CCN(c2cc(-c3ccccc3)[nH]n2)CC1. The Hall–Kier alpha value is -2.99. The van der Waals surface area contributed by atoms with E-state index in [1.807, 2.05) is 23.1 Å². The standard InChI is InChI=1S/C21H21ClN4O2/c22-17-6-8-18(9-7-17)28-15-21(27)26-12-10-25(11-13-26)20-14-19(23-24-20)16-4-2-1-3-5-16/h1-9,14H,10-13,15H2,(H,23,24). The zero-order valence-electron chi connectivity index (χ0n) is 15.3. The van der Waals surface area contributed by atoms with Crippen molar-refractivity contribution in [2.45, 2.75) is 0 Å². The predicted octanol–water partition coefficient (Wildman–Crippen LogP) is 3.46. The van der Waals surface area contributed by atoms with Crippen molar-refractivity contribution in [3.05, 3.63) is 65.7 Å². The highest BCUT2D eigenvalue weighted by atomic mass is 35.5. The molecule has 1 aliphatic heterocycles. The Labute approximate surface area is 168 Å². The number of rotatable bonds is 5. The highest BCUT2D eigenvalue weighted by Crippen LogP contribution is 2.22. The van der Waals surface area contributed by atoms with Crippen LogP contribution in [0, 0.1) is 0 Å². The Morgan fingerprint density at radius 2 is 1.75 bits per heavy atom. The molecule has 2 aromatic carbocycles. The average molecular weight is 397 g/mol. The minimum Gasteiger partial charge on any atom is -0.484 e. The number of carbonyl (C=O) groups is 1. The summed E-state index contributed by atoms with van der Waals surface area (Å²) >= 11 is 5.85. The number of hydrogen-bond acceptors (Lipinski definition) is 4. The first kappa shape index (κ1) is 18.4. The molecule has 0 radical (unpaired) electrons. The Morgan fingerprint density at radius 3 is 2.46 bits per heavy atom. The van der Waals surface area contributed by atoms with Gasteiger partial charge in [-0.25, -0.2) is 0 Å². The molecule has 1 aliphatic rings. The maximum atomic E-state index is 12.4. The van der Waals surface area contributed by atoms with Crippen LogP contribution in [-0.2, 0) is 4.79 Å². The molecule has 4 rings (SSSR count). The molecule has 28 heavy (non-hydrogen) atoms. The van der Waals surface area contributed by atoms with E-state index in [9.17, 15) is 4.79 Å². The summed E-state index contributed by atoms with van der Waals surface area (Å²) in [4.78, 5) is 16.4. The number of aromatic nitrogens is 2. The van der Waals surface area contributed by atoms with E-state index in [1.54, 1.807) is 24.3 Å². The average Bonchev–Trinajstić information content (AvgIpc) is 3.24. The van der Waals surface area contributed by atoms with E-state index in [-0.39, 0.29) is 12.5 Å². The van der Waals surface area contributed by atoms with E-state index in [0.29, 0.717) is 23.9 Å². The zero-order chi connectivity index (χ0) is 19.3. The van der Waals surface area contributed by atoms with Crippen molar-refractivity contribution in [1.29, 1.82) is 0 Å². The van der Waals surface area contributed by atoms with Crippen molar-refractivity contribution in [3.63, 3.8) is 0 Å². The zero-order valence-corrected chi connectivity index (χ0v) is 16.1. The van der Waals surface area contributed by atoms with Gasteiger partial charge in [0.2, 0.25) is 0 Å². The van der Waals surface area contributed by atoms with Gasteiger partial charge in [0.1, 0.15) is 5.75 Å². The third-order valence-corrected chi connectivity index (χ3v) is 5.03. The molecule has 0 atom stereocenters. The first-order chi connectivity index (χ1) is 13.7. The molecular weight excluding hydrogens is 376 g/mol. The van der Waals surface area contributed by atoms with Gasteiger partial charge < -0.3 is 14.5 Å². The molecular formula is C21H21ClN4O2. The van der Waals surface area contributed by atoms with Crippen LogP contribution in [0.15, 0.2) is 60.7 Å². The number of halogens is 1. The molecule has 0 spiro atoms. The van der Waals surface area contributed by atoms with Crippen LogP contribution in [0.4, 0.5) is 5.82 Å². The minimum atomic E-state index is -0.0124. The maximum absolute atomic E-state index is 12.4. The summed E-state index contributed by atoms with van der Waals surface area (Å²) in [5, 5.41) is 8.17. The van der Waals surface area contributed by atoms with E-state index in [2.05, 4.69) is 33.3 Å². The molecule has 3 aromatic rings. The fourth-order valence-corrected chi connectivity index (χ4v) is 3.32. The Balaban J connectivity index is 1.29. The summed E-state index contributed by atoms with van der Waals surface area (Å²) < 4.78 is 5.56. The normalized spacial score (nSPS) is 14.2. The summed E-state index contributed by atoms with van der Waals surface area (Å²) in [6.45, 7) is 2.81. The molecule has 1 fully saturated rings. The number of nitrogens with zero attached hydrogens (tertiary/aromatic N) is 3. The van der Waals surface area contributed by atoms with Gasteiger partial charge in [0.05, 0.1) is 5.69 Å². The molecule has 1 aromatic heterocycles. The fourth-order valence-electron chi connectivity index (χ4n) is 3.19. The van der Waals surface area contributed by atoms with Crippen LogP contribution >= 0.6 is 11.6 Å². The van der Waals surface area contributed by atoms with Crippen molar-refractivity contribution >= 4 is 23.3 Å². The molecule has 2 heterocycles. The second-order valence-corrected chi connectivity index (χ2v) is 7.05. The number of H-pyrrole nitrogens is 1. The van der Waals surface area contributed by atoms with E-state index in [0.717, 1.165) is 30.2 Å². The van der Waals surface area contributed by atoms with Crippen LogP contribution in [0.25, 0.3) is 11.3 Å². The number of carbonyl (C=O) groups excluding carboxylic acids is 1. The number of hydrogen-bond donors (Lipinski definition) is 1. The number of aromatic amines is 1. The lowest BCUT2D eigenvalue weighted by Gasteiger charge is -2.34. The van der Waals surface area contributed by atoms with Crippen molar-refractivity contribution in [1.82, 2.24) is 15.1 Å². The number of piperazine rings is 1. The monoisotopic (exact) mass is 396 g/mol. The molecule has 7 heteroatoms. The van der Waals surface area contributed by atoms with Gasteiger partial charge in [-0.15, -0.1) is 0 Å². The number of benzene rings is 2. The quantitative estimate of drug-likeness (QED) is 0.717. The molecule has 0 unspecified atom stereocenters. The van der Waals surface area contributed by atoms with Crippen molar-refractivity contribution in [2.24, 2.45) is 0 Å². The predicted molar refractivity (Wildman–Crippen MR) is 110 cm³/mol. The van der Waals surface area contributed by atoms with Gasteiger partial charge >= 0.3 is 0 Å². The molecule has 1 amide bonds. The second-order valence-electron chi connectivity index (χ2n) is 6.62. The second kappa shape index (κ2) is 8.35. The van der Waals surface area contributed by atoms with E-state index in [4.69, 9.17) is 16.3 Å². The molecule has 6 nitrogen and oxygen atoms in total. The van der Waals surface area contributed by atoms with Gasteiger partial charge in [0.25, 0.3) is 5.91 Å². The lowest BCUT2D eigenvalue weighted by molar-refractivity contribution is -0.133. The van der Waals surface area contributed by atoms with Gasteiger partial charge in [-0.1, -0.05) is 41.9 Å². The van der Waals surface area contributed by atoms with Gasteiger partial charge in [-0.3, -0.25) is 9.89 Å². The van der Waals surface area contributed by atoms with Crippen LogP contribution in [0.3, 0.4) is 0 Å². The Morgan fingerprint density at radius 1 is 1.04 bits per heavy atom. The summed E-state index contributed by atoms with van der Waals surface area (Å²) in [6.07, 6.45) is 0.